The number of hydrogen-bond donors (Lipinski definition) is 0. The van der Waals surface area contributed by atoms with E-state index in [4.69, 9.17) is 0 Å². The van der Waals surface area contributed by atoms with Crippen molar-refractivity contribution in [3.8, 4) is 0 Å². The lowest BCUT2D eigenvalue weighted by molar-refractivity contribution is 0.171. The minimum atomic E-state index is -0.214. The number of rotatable bonds is 3. The van der Waals surface area contributed by atoms with E-state index in [1.807, 2.05) is 0 Å². The second-order valence-electron chi connectivity index (χ2n) is 9.02. The SMILES string of the molecule is CC1=C2C=CC(C)(c3ccccc3)N2C(c2c(C)cccc2C)N1c1ccccc1C. The van der Waals surface area contributed by atoms with E-state index in [2.05, 4.69) is 129 Å². The molecule has 0 aromatic heterocycles. The zero-order chi connectivity index (χ0) is 21.8. The molecule has 2 atom stereocenters. The van der Waals surface area contributed by atoms with Gasteiger partial charge in [0.25, 0.3) is 0 Å². The summed E-state index contributed by atoms with van der Waals surface area (Å²) in [4.78, 5) is 5.17. The Balaban J connectivity index is 1.78. The molecule has 0 amide bonds. The maximum atomic E-state index is 2.62. The molecule has 5 rings (SSSR count). The second kappa shape index (κ2) is 7.16. The molecule has 0 N–H and O–H groups in total. The van der Waals surface area contributed by atoms with Gasteiger partial charge in [-0.2, -0.15) is 0 Å². The molecule has 31 heavy (non-hydrogen) atoms. The van der Waals surface area contributed by atoms with Crippen molar-refractivity contribution in [1.29, 1.82) is 0 Å². The van der Waals surface area contributed by atoms with Crippen LogP contribution in [0.3, 0.4) is 0 Å². The van der Waals surface area contributed by atoms with Gasteiger partial charge in [0.15, 0.2) is 0 Å². The number of fused-ring (bicyclic) bond motifs is 1. The normalized spacial score (nSPS) is 22.4. The van der Waals surface area contributed by atoms with Crippen LogP contribution in [0.1, 0.15) is 47.8 Å². The average molecular weight is 407 g/mol. The highest BCUT2D eigenvalue weighted by atomic mass is 15.5. The van der Waals surface area contributed by atoms with Gasteiger partial charge in [0.1, 0.15) is 6.17 Å². The zero-order valence-corrected chi connectivity index (χ0v) is 19.1. The Morgan fingerprint density at radius 1 is 0.710 bits per heavy atom. The number of aryl methyl sites for hydroxylation is 3. The summed E-state index contributed by atoms with van der Waals surface area (Å²) in [6.07, 6.45) is 4.79. The summed E-state index contributed by atoms with van der Waals surface area (Å²) in [5, 5.41) is 0. The molecule has 0 spiro atoms. The summed E-state index contributed by atoms with van der Waals surface area (Å²) in [7, 11) is 0. The molecular weight excluding hydrogens is 376 g/mol. The first kappa shape index (κ1) is 19.7. The minimum absolute atomic E-state index is 0.0949. The summed E-state index contributed by atoms with van der Waals surface area (Å²) in [6, 6.07) is 26.3. The van der Waals surface area contributed by atoms with E-state index < -0.39 is 0 Å². The Labute approximate surface area is 186 Å². The van der Waals surface area contributed by atoms with Gasteiger partial charge in [-0.15, -0.1) is 0 Å². The fraction of sp³-hybridized carbons (Fsp3) is 0.241. The van der Waals surface area contributed by atoms with Gasteiger partial charge in [0.05, 0.1) is 11.2 Å². The Morgan fingerprint density at radius 2 is 1.32 bits per heavy atom. The van der Waals surface area contributed by atoms with Crippen molar-refractivity contribution in [2.75, 3.05) is 4.90 Å². The third-order valence-corrected chi connectivity index (χ3v) is 7.08. The molecule has 2 heteroatoms. The molecule has 0 saturated heterocycles. The van der Waals surface area contributed by atoms with Crippen molar-refractivity contribution in [3.63, 3.8) is 0 Å². The molecule has 0 aliphatic carbocycles. The molecule has 2 heterocycles. The number of para-hydroxylation sites is 1. The highest BCUT2D eigenvalue weighted by molar-refractivity contribution is 5.65. The predicted molar refractivity (Wildman–Crippen MR) is 130 cm³/mol. The third kappa shape index (κ3) is 2.85. The van der Waals surface area contributed by atoms with Gasteiger partial charge in [0.2, 0.25) is 0 Å². The van der Waals surface area contributed by atoms with Crippen molar-refractivity contribution in [2.45, 2.75) is 46.3 Å². The van der Waals surface area contributed by atoms with Crippen molar-refractivity contribution in [2.24, 2.45) is 0 Å². The molecule has 2 aliphatic rings. The molecule has 2 aliphatic heterocycles. The third-order valence-electron chi connectivity index (χ3n) is 7.08. The number of allylic oxidation sites excluding steroid dienone is 2. The van der Waals surface area contributed by atoms with Crippen LogP contribution in [0.4, 0.5) is 5.69 Å². The molecule has 3 aromatic carbocycles. The van der Waals surface area contributed by atoms with Gasteiger partial charge in [-0.25, -0.2) is 0 Å². The van der Waals surface area contributed by atoms with E-state index in [0.717, 1.165) is 0 Å². The number of benzene rings is 3. The maximum Gasteiger partial charge on any atom is 0.134 e. The number of hydrogen-bond acceptors (Lipinski definition) is 2. The minimum Gasteiger partial charge on any atom is -0.332 e. The van der Waals surface area contributed by atoms with E-state index in [1.54, 1.807) is 0 Å². The second-order valence-corrected chi connectivity index (χ2v) is 9.02. The monoisotopic (exact) mass is 406 g/mol. The zero-order valence-electron chi connectivity index (χ0n) is 19.1. The largest absolute Gasteiger partial charge is 0.332 e. The summed E-state index contributed by atoms with van der Waals surface area (Å²) in [5.41, 5.74) is 10.3. The van der Waals surface area contributed by atoms with Gasteiger partial charge >= 0.3 is 0 Å². The Hall–Kier alpha value is -3.26. The lowest BCUT2D eigenvalue weighted by Crippen LogP contribution is -2.43. The van der Waals surface area contributed by atoms with Crippen LogP contribution in [0.2, 0.25) is 0 Å². The Bertz CT molecular complexity index is 1180. The first-order chi connectivity index (χ1) is 14.9. The molecule has 0 fully saturated rings. The van der Waals surface area contributed by atoms with Crippen LogP contribution in [-0.2, 0) is 5.54 Å². The van der Waals surface area contributed by atoms with E-state index in [0.29, 0.717) is 0 Å². The number of nitrogens with zero attached hydrogens (tertiary/aromatic N) is 2. The smallest absolute Gasteiger partial charge is 0.134 e. The summed E-state index contributed by atoms with van der Waals surface area (Å²) >= 11 is 0. The lowest BCUT2D eigenvalue weighted by atomic mass is 9.89. The highest BCUT2D eigenvalue weighted by Crippen LogP contribution is 2.54. The summed E-state index contributed by atoms with van der Waals surface area (Å²) in [6.45, 7) is 11.3. The molecular formula is C29H30N2. The topological polar surface area (TPSA) is 6.48 Å². The standard InChI is InChI=1S/C29H30N2/c1-20-12-9-10-17-25(20)30-23(4)26-18-19-29(5,24-15-7-6-8-16-24)31(26)28(30)27-21(2)13-11-14-22(27)3/h6-19,28H,1-5H3. The van der Waals surface area contributed by atoms with Crippen LogP contribution in [0, 0.1) is 20.8 Å². The fourth-order valence-corrected chi connectivity index (χ4v) is 5.40. The van der Waals surface area contributed by atoms with Crippen molar-refractivity contribution in [1.82, 2.24) is 4.90 Å². The molecule has 2 unspecified atom stereocenters. The number of anilines is 1. The van der Waals surface area contributed by atoms with Crippen LogP contribution >= 0.6 is 0 Å². The van der Waals surface area contributed by atoms with Gasteiger partial charge < -0.3 is 9.80 Å². The van der Waals surface area contributed by atoms with Crippen LogP contribution in [0.5, 0.6) is 0 Å². The van der Waals surface area contributed by atoms with Crippen molar-refractivity contribution >= 4 is 5.69 Å². The molecule has 2 nitrogen and oxygen atoms in total. The molecule has 0 bridgehead atoms. The first-order valence-corrected chi connectivity index (χ1v) is 11.1. The maximum absolute atomic E-state index is 2.62. The fourth-order valence-electron chi connectivity index (χ4n) is 5.40. The van der Waals surface area contributed by atoms with Gasteiger partial charge in [-0.05, 0) is 69.0 Å². The van der Waals surface area contributed by atoms with Gasteiger partial charge in [-0.3, -0.25) is 0 Å². The molecule has 0 radical (unpaired) electrons. The molecule has 0 saturated carbocycles. The highest BCUT2D eigenvalue weighted by Gasteiger charge is 2.49. The van der Waals surface area contributed by atoms with Gasteiger partial charge in [-0.1, -0.05) is 72.8 Å². The van der Waals surface area contributed by atoms with E-state index in [1.165, 1.54) is 44.9 Å². The first-order valence-electron chi connectivity index (χ1n) is 11.1. The lowest BCUT2D eigenvalue weighted by Gasteiger charge is -2.44. The van der Waals surface area contributed by atoms with Crippen LogP contribution in [0.15, 0.2) is 96.3 Å². The van der Waals surface area contributed by atoms with Crippen LogP contribution in [0.25, 0.3) is 0 Å². The van der Waals surface area contributed by atoms with E-state index in [-0.39, 0.29) is 11.7 Å². The van der Waals surface area contributed by atoms with Crippen LogP contribution < -0.4 is 4.90 Å². The van der Waals surface area contributed by atoms with Gasteiger partial charge in [0, 0.05) is 16.9 Å². The van der Waals surface area contributed by atoms with E-state index >= 15 is 0 Å². The Kier molecular flexibility index (Phi) is 4.55. The summed E-state index contributed by atoms with van der Waals surface area (Å²) < 4.78 is 0. The van der Waals surface area contributed by atoms with Crippen molar-refractivity contribution in [3.05, 3.63) is 124 Å². The average Bonchev–Trinajstić information content (AvgIpc) is 3.26. The molecule has 156 valence electrons. The van der Waals surface area contributed by atoms with E-state index in [9.17, 15) is 0 Å². The van der Waals surface area contributed by atoms with Crippen LogP contribution in [-0.4, -0.2) is 4.90 Å². The quantitative estimate of drug-likeness (QED) is 0.456. The Morgan fingerprint density at radius 3 is 2.00 bits per heavy atom. The predicted octanol–water partition coefficient (Wildman–Crippen LogP) is 7.15. The molecule has 3 aromatic rings. The summed E-state index contributed by atoms with van der Waals surface area (Å²) in [5.74, 6) is 0. The van der Waals surface area contributed by atoms with Crippen molar-refractivity contribution < 1.29 is 0 Å².